The highest BCUT2D eigenvalue weighted by Gasteiger charge is 2.11. The van der Waals surface area contributed by atoms with Gasteiger partial charge in [0.1, 0.15) is 5.75 Å². The average Bonchev–Trinajstić information content (AvgIpc) is 2.60. The van der Waals surface area contributed by atoms with Crippen LogP contribution in [0.15, 0.2) is 72.8 Å². The molecule has 0 saturated carbocycles. The largest absolute Gasteiger partial charge is 0.455 e. The third kappa shape index (κ3) is 3.63. The van der Waals surface area contributed by atoms with Crippen molar-refractivity contribution in [2.75, 3.05) is 5.32 Å². The Hall–Kier alpha value is -3.07. The molecule has 3 rings (SSSR count). The zero-order valence-corrected chi connectivity index (χ0v) is 13.7. The zero-order valence-electron chi connectivity index (χ0n) is 13.7. The number of amides is 1. The maximum Gasteiger partial charge on any atom is 0.255 e. The summed E-state index contributed by atoms with van der Waals surface area (Å²) < 4.78 is 5.87. The first-order valence-corrected chi connectivity index (χ1v) is 7.84. The Labute approximate surface area is 141 Å². The molecule has 3 aromatic rings. The van der Waals surface area contributed by atoms with E-state index in [0.29, 0.717) is 17.0 Å². The van der Waals surface area contributed by atoms with Gasteiger partial charge in [-0.2, -0.15) is 0 Å². The molecule has 1 amide bonds. The van der Waals surface area contributed by atoms with Crippen LogP contribution in [-0.2, 0) is 0 Å². The van der Waals surface area contributed by atoms with Crippen LogP contribution in [0.1, 0.15) is 21.5 Å². The molecule has 0 aliphatic carbocycles. The molecular formula is C21H19NO2. The predicted octanol–water partition coefficient (Wildman–Crippen LogP) is 5.35. The van der Waals surface area contributed by atoms with E-state index in [2.05, 4.69) is 5.32 Å². The molecule has 0 radical (unpaired) electrons. The maximum absolute atomic E-state index is 12.5. The summed E-state index contributed by atoms with van der Waals surface area (Å²) in [6.45, 7) is 4.03. The first-order chi connectivity index (χ1) is 11.6. The number of rotatable bonds is 4. The standard InChI is InChI=1S/C21H19NO2/c1-15-12-13-17(14-16(15)2)21(23)22-19-10-6-7-11-20(19)24-18-8-4-3-5-9-18/h3-14H,1-2H3,(H,22,23). The van der Waals surface area contributed by atoms with Crippen LogP contribution >= 0.6 is 0 Å². The summed E-state index contributed by atoms with van der Waals surface area (Å²) in [7, 11) is 0. The van der Waals surface area contributed by atoms with Gasteiger partial charge in [0.2, 0.25) is 0 Å². The van der Waals surface area contributed by atoms with Gasteiger partial charge in [0, 0.05) is 5.56 Å². The molecule has 0 heterocycles. The van der Waals surface area contributed by atoms with Gasteiger partial charge in [-0.05, 0) is 61.4 Å². The Morgan fingerprint density at radius 1 is 0.833 bits per heavy atom. The number of nitrogens with one attached hydrogen (secondary N) is 1. The van der Waals surface area contributed by atoms with Crippen molar-refractivity contribution >= 4 is 11.6 Å². The van der Waals surface area contributed by atoms with Crippen LogP contribution in [0.4, 0.5) is 5.69 Å². The van der Waals surface area contributed by atoms with Crippen LogP contribution in [0.2, 0.25) is 0 Å². The van der Waals surface area contributed by atoms with Gasteiger partial charge in [-0.1, -0.05) is 36.4 Å². The van der Waals surface area contributed by atoms with Crippen LogP contribution in [0.25, 0.3) is 0 Å². The molecule has 0 aromatic heterocycles. The SMILES string of the molecule is Cc1ccc(C(=O)Nc2ccccc2Oc2ccccc2)cc1C. The van der Waals surface area contributed by atoms with Gasteiger partial charge in [-0.3, -0.25) is 4.79 Å². The van der Waals surface area contributed by atoms with Crippen molar-refractivity contribution in [1.82, 2.24) is 0 Å². The molecule has 0 aliphatic heterocycles. The van der Waals surface area contributed by atoms with Gasteiger partial charge in [-0.25, -0.2) is 0 Å². The minimum Gasteiger partial charge on any atom is -0.455 e. The van der Waals surface area contributed by atoms with Crippen LogP contribution in [0.5, 0.6) is 11.5 Å². The molecule has 0 saturated heterocycles. The van der Waals surface area contributed by atoms with Gasteiger partial charge >= 0.3 is 0 Å². The van der Waals surface area contributed by atoms with E-state index in [1.807, 2.05) is 86.6 Å². The molecule has 0 atom stereocenters. The van der Waals surface area contributed by atoms with E-state index >= 15 is 0 Å². The highest BCUT2D eigenvalue weighted by Crippen LogP contribution is 2.29. The summed E-state index contributed by atoms with van der Waals surface area (Å²) in [5, 5.41) is 2.93. The summed E-state index contributed by atoms with van der Waals surface area (Å²) in [4.78, 5) is 12.5. The quantitative estimate of drug-likeness (QED) is 0.704. The van der Waals surface area contributed by atoms with E-state index in [-0.39, 0.29) is 5.91 Å². The number of hydrogen-bond donors (Lipinski definition) is 1. The highest BCUT2D eigenvalue weighted by atomic mass is 16.5. The molecule has 0 bridgehead atoms. The lowest BCUT2D eigenvalue weighted by Gasteiger charge is -2.12. The number of anilines is 1. The molecular weight excluding hydrogens is 298 g/mol. The Morgan fingerprint density at radius 3 is 2.29 bits per heavy atom. The first kappa shape index (κ1) is 15.8. The Morgan fingerprint density at radius 2 is 1.54 bits per heavy atom. The average molecular weight is 317 g/mol. The fourth-order valence-electron chi connectivity index (χ4n) is 2.35. The van der Waals surface area contributed by atoms with Gasteiger partial charge < -0.3 is 10.1 Å². The summed E-state index contributed by atoms with van der Waals surface area (Å²) in [6.07, 6.45) is 0. The van der Waals surface area contributed by atoms with Crippen molar-refractivity contribution in [3.8, 4) is 11.5 Å². The number of hydrogen-bond acceptors (Lipinski definition) is 2. The maximum atomic E-state index is 12.5. The molecule has 3 heteroatoms. The van der Waals surface area contributed by atoms with Crippen molar-refractivity contribution < 1.29 is 9.53 Å². The smallest absolute Gasteiger partial charge is 0.255 e. The van der Waals surface area contributed by atoms with E-state index < -0.39 is 0 Å². The lowest BCUT2D eigenvalue weighted by molar-refractivity contribution is 0.102. The molecule has 0 spiro atoms. The van der Waals surface area contributed by atoms with Crippen molar-refractivity contribution in [3.63, 3.8) is 0 Å². The minimum absolute atomic E-state index is 0.151. The molecule has 1 N–H and O–H groups in total. The third-order valence-electron chi connectivity index (χ3n) is 3.88. The molecule has 24 heavy (non-hydrogen) atoms. The topological polar surface area (TPSA) is 38.3 Å². The van der Waals surface area contributed by atoms with E-state index in [9.17, 15) is 4.79 Å². The van der Waals surface area contributed by atoms with Crippen molar-refractivity contribution in [3.05, 3.63) is 89.5 Å². The number of carbonyl (C=O) groups is 1. The second-order valence-corrected chi connectivity index (χ2v) is 5.66. The van der Waals surface area contributed by atoms with Crippen molar-refractivity contribution in [1.29, 1.82) is 0 Å². The summed E-state index contributed by atoms with van der Waals surface area (Å²) in [6, 6.07) is 22.6. The lowest BCUT2D eigenvalue weighted by atomic mass is 10.1. The lowest BCUT2D eigenvalue weighted by Crippen LogP contribution is -2.12. The van der Waals surface area contributed by atoms with E-state index in [4.69, 9.17) is 4.74 Å². The molecule has 0 fully saturated rings. The van der Waals surface area contributed by atoms with Crippen LogP contribution < -0.4 is 10.1 Å². The van der Waals surface area contributed by atoms with Crippen LogP contribution in [0.3, 0.4) is 0 Å². The van der Waals surface area contributed by atoms with Gasteiger partial charge in [0.15, 0.2) is 5.75 Å². The van der Waals surface area contributed by atoms with Crippen LogP contribution in [-0.4, -0.2) is 5.91 Å². The second-order valence-electron chi connectivity index (χ2n) is 5.66. The Balaban J connectivity index is 1.82. The Bertz CT molecular complexity index is 857. The molecule has 3 nitrogen and oxygen atoms in total. The number of para-hydroxylation sites is 3. The number of benzene rings is 3. The van der Waals surface area contributed by atoms with E-state index in [0.717, 1.165) is 11.3 Å². The second kappa shape index (κ2) is 7.01. The fraction of sp³-hybridized carbons (Fsp3) is 0.0952. The van der Waals surface area contributed by atoms with E-state index in [1.165, 1.54) is 5.56 Å². The first-order valence-electron chi connectivity index (χ1n) is 7.84. The molecule has 0 aliphatic rings. The van der Waals surface area contributed by atoms with Crippen LogP contribution in [0, 0.1) is 13.8 Å². The van der Waals surface area contributed by atoms with Crippen molar-refractivity contribution in [2.45, 2.75) is 13.8 Å². The predicted molar refractivity (Wildman–Crippen MR) is 96.8 cm³/mol. The third-order valence-corrected chi connectivity index (χ3v) is 3.88. The van der Waals surface area contributed by atoms with Gasteiger partial charge in [0.05, 0.1) is 5.69 Å². The number of aryl methyl sites for hydroxylation is 2. The van der Waals surface area contributed by atoms with Gasteiger partial charge in [0.25, 0.3) is 5.91 Å². The molecule has 3 aromatic carbocycles. The number of ether oxygens (including phenoxy) is 1. The minimum atomic E-state index is -0.151. The number of carbonyl (C=O) groups excluding carboxylic acids is 1. The molecule has 0 unspecified atom stereocenters. The van der Waals surface area contributed by atoms with E-state index in [1.54, 1.807) is 0 Å². The van der Waals surface area contributed by atoms with Gasteiger partial charge in [-0.15, -0.1) is 0 Å². The summed E-state index contributed by atoms with van der Waals surface area (Å²) in [5.41, 5.74) is 3.54. The zero-order chi connectivity index (χ0) is 16.9. The summed E-state index contributed by atoms with van der Waals surface area (Å²) >= 11 is 0. The highest BCUT2D eigenvalue weighted by molar-refractivity contribution is 6.05. The monoisotopic (exact) mass is 317 g/mol. The fourth-order valence-corrected chi connectivity index (χ4v) is 2.35. The van der Waals surface area contributed by atoms with Crippen molar-refractivity contribution in [2.24, 2.45) is 0 Å². The summed E-state index contributed by atoms with van der Waals surface area (Å²) in [5.74, 6) is 1.19. The molecule has 120 valence electrons. The normalized spacial score (nSPS) is 10.2. The Kier molecular flexibility index (Phi) is 4.62.